The largest absolute Gasteiger partial charge is 0.309 e. The molecule has 2 nitrogen and oxygen atoms in total. The number of benzene rings is 12. The standard InChI is InChI=1S/C63H38N2/c64-39-40-32-50-26-27-51-35-52(38-59-63(51)62(50)58(33-40)65(59)53-18-8-3-9-19-53)43-22-20-42(21-23-43)48-28-30-54-56(36-48)60(44-13-4-1-5-14-44)55-31-29-49(37-57(55)61(54)45-15-6-2-7-16-45)47-25-24-41-12-10-11-17-46(41)34-47/h1-38H. The van der Waals surface area contributed by atoms with Crippen LogP contribution in [0, 0.1) is 11.3 Å². The Bertz CT molecular complexity index is 4030. The molecule has 2 heteroatoms. The van der Waals surface area contributed by atoms with E-state index in [1.165, 1.54) is 87.4 Å². The number of nitriles is 1. The Morgan fingerprint density at radius 3 is 1.35 bits per heavy atom. The predicted octanol–water partition coefficient (Wildman–Crippen LogP) is 17.0. The van der Waals surface area contributed by atoms with Crippen molar-refractivity contribution in [1.82, 2.24) is 4.57 Å². The summed E-state index contributed by atoms with van der Waals surface area (Å²) in [7, 11) is 0. The van der Waals surface area contributed by atoms with Gasteiger partial charge in [-0.2, -0.15) is 5.26 Å². The molecule has 13 rings (SSSR count). The van der Waals surface area contributed by atoms with Crippen LogP contribution in [0.25, 0.3) is 126 Å². The van der Waals surface area contributed by atoms with E-state index in [1.807, 2.05) is 18.2 Å². The summed E-state index contributed by atoms with van der Waals surface area (Å²) < 4.78 is 2.32. The van der Waals surface area contributed by atoms with E-state index in [1.54, 1.807) is 0 Å². The molecule has 1 aromatic heterocycles. The predicted molar refractivity (Wildman–Crippen MR) is 274 cm³/mol. The lowest BCUT2D eigenvalue weighted by Crippen LogP contribution is -1.94. The number of hydrogen-bond donors (Lipinski definition) is 0. The van der Waals surface area contributed by atoms with Crippen LogP contribution < -0.4 is 0 Å². The summed E-state index contributed by atoms with van der Waals surface area (Å²) in [6, 6.07) is 86.2. The highest BCUT2D eigenvalue weighted by atomic mass is 15.0. The van der Waals surface area contributed by atoms with Gasteiger partial charge in [0.2, 0.25) is 0 Å². The maximum absolute atomic E-state index is 9.97. The summed E-state index contributed by atoms with van der Waals surface area (Å²) in [5.41, 5.74) is 15.9. The fourth-order valence-electron chi connectivity index (χ4n) is 10.5. The fourth-order valence-corrected chi connectivity index (χ4v) is 10.5. The van der Waals surface area contributed by atoms with E-state index in [4.69, 9.17) is 0 Å². The molecule has 0 radical (unpaired) electrons. The number of para-hydroxylation sites is 1. The molecule has 12 aromatic carbocycles. The average molecular weight is 823 g/mol. The van der Waals surface area contributed by atoms with Gasteiger partial charge in [-0.15, -0.1) is 0 Å². The summed E-state index contributed by atoms with van der Waals surface area (Å²) in [6.07, 6.45) is 0. The zero-order chi connectivity index (χ0) is 43.0. The lowest BCUT2D eigenvalue weighted by atomic mass is 9.83. The van der Waals surface area contributed by atoms with Gasteiger partial charge in [-0.3, -0.25) is 0 Å². The van der Waals surface area contributed by atoms with Gasteiger partial charge >= 0.3 is 0 Å². The van der Waals surface area contributed by atoms with Gasteiger partial charge in [0.15, 0.2) is 0 Å². The van der Waals surface area contributed by atoms with Crippen LogP contribution in [0.4, 0.5) is 0 Å². The molecule has 0 fully saturated rings. The monoisotopic (exact) mass is 822 g/mol. The van der Waals surface area contributed by atoms with Crippen LogP contribution in [0.1, 0.15) is 5.56 Å². The fraction of sp³-hybridized carbons (Fsp3) is 0. The maximum atomic E-state index is 9.97. The highest BCUT2D eigenvalue weighted by Gasteiger charge is 2.21. The third-order valence-electron chi connectivity index (χ3n) is 13.5. The average Bonchev–Trinajstić information content (AvgIpc) is 3.72. The highest BCUT2D eigenvalue weighted by Crippen LogP contribution is 2.47. The van der Waals surface area contributed by atoms with E-state index >= 15 is 0 Å². The number of nitrogens with zero attached hydrogens (tertiary/aromatic N) is 2. The van der Waals surface area contributed by atoms with Gasteiger partial charge in [0.05, 0.1) is 22.7 Å². The Morgan fingerprint density at radius 1 is 0.292 bits per heavy atom. The molecule has 0 aliphatic rings. The van der Waals surface area contributed by atoms with E-state index in [-0.39, 0.29) is 0 Å². The van der Waals surface area contributed by atoms with E-state index in [2.05, 4.69) is 223 Å². The molecule has 0 aliphatic carbocycles. The van der Waals surface area contributed by atoms with Crippen molar-refractivity contribution in [2.24, 2.45) is 0 Å². The van der Waals surface area contributed by atoms with E-state index in [9.17, 15) is 5.26 Å². The molecular formula is C63H38N2. The first kappa shape index (κ1) is 36.8. The molecule has 0 saturated heterocycles. The SMILES string of the molecule is N#Cc1cc2ccc3cc(-c4ccc(-c5ccc6c(-c7ccccc7)c7cc(-c8ccc9ccccc9c8)ccc7c(-c7ccccc7)c6c5)cc4)cc4c3c2c(c1)n4-c1ccccc1. The first-order valence-corrected chi connectivity index (χ1v) is 22.2. The molecule has 0 unspecified atom stereocenters. The normalized spacial score (nSPS) is 11.7. The van der Waals surface area contributed by atoms with Gasteiger partial charge in [0.1, 0.15) is 0 Å². The van der Waals surface area contributed by atoms with Gasteiger partial charge in [-0.05, 0) is 153 Å². The van der Waals surface area contributed by atoms with Crippen LogP contribution in [0.2, 0.25) is 0 Å². The molecule has 1 heterocycles. The smallest absolute Gasteiger partial charge is 0.0992 e. The minimum absolute atomic E-state index is 0.663. The quantitative estimate of drug-likeness (QED) is 0.121. The third kappa shape index (κ3) is 5.95. The van der Waals surface area contributed by atoms with Crippen molar-refractivity contribution >= 4 is 64.9 Å². The molecule has 0 bridgehead atoms. The molecule has 0 amide bonds. The van der Waals surface area contributed by atoms with Gasteiger partial charge in [-0.25, -0.2) is 0 Å². The van der Waals surface area contributed by atoms with Crippen molar-refractivity contribution in [3.8, 4) is 67.4 Å². The lowest BCUT2D eigenvalue weighted by Gasteiger charge is -2.20. The minimum Gasteiger partial charge on any atom is -0.309 e. The Morgan fingerprint density at radius 2 is 0.738 bits per heavy atom. The van der Waals surface area contributed by atoms with E-state index < -0.39 is 0 Å². The second-order valence-electron chi connectivity index (χ2n) is 17.2. The Balaban J connectivity index is 0.979. The second-order valence-corrected chi connectivity index (χ2v) is 17.2. The van der Waals surface area contributed by atoms with E-state index in [0.717, 1.165) is 38.8 Å². The number of aromatic nitrogens is 1. The minimum atomic E-state index is 0.663. The van der Waals surface area contributed by atoms with Crippen LogP contribution in [-0.2, 0) is 0 Å². The summed E-state index contributed by atoms with van der Waals surface area (Å²) in [5.74, 6) is 0. The molecule has 300 valence electrons. The van der Waals surface area contributed by atoms with Crippen molar-refractivity contribution in [2.45, 2.75) is 0 Å². The first-order valence-electron chi connectivity index (χ1n) is 22.2. The topological polar surface area (TPSA) is 28.7 Å². The van der Waals surface area contributed by atoms with Crippen molar-refractivity contribution in [1.29, 1.82) is 5.26 Å². The van der Waals surface area contributed by atoms with Crippen molar-refractivity contribution in [3.63, 3.8) is 0 Å². The molecule has 0 N–H and O–H groups in total. The van der Waals surface area contributed by atoms with Gasteiger partial charge < -0.3 is 4.57 Å². The summed E-state index contributed by atoms with van der Waals surface area (Å²) >= 11 is 0. The first-order chi connectivity index (χ1) is 32.2. The molecule has 0 saturated carbocycles. The summed E-state index contributed by atoms with van der Waals surface area (Å²) in [5, 5.41) is 22.1. The van der Waals surface area contributed by atoms with Crippen molar-refractivity contribution < 1.29 is 0 Å². The lowest BCUT2D eigenvalue weighted by molar-refractivity contribution is 1.18. The Kier molecular flexibility index (Phi) is 8.31. The molecule has 0 aliphatic heterocycles. The van der Waals surface area contributed by atoms with Crippen LogP contribution in [0.5, 0.6) is 0 Å². The number of fused-ring (bicyclic) bond motifs is 3. The van der Waals surface area contributed by atoms with Crippen LogP contribution in [-0.4, -0.2) is 4.57 Å². The van der Waals surface area contributed by atoms with Gasteiger partial charge in [0, 0.05) is 16.5 Å². The van der Waals surface area contributed by atoms with Gasteiger partial charge in [-0.1, -0.05) is 176 Å². The molecular weight excluding hydrogens is 785 g/mol. The molecule has 0 atom stereocenters. The zero-order valence-electron chi connectivity index (χ0n) is 35.3. The van der Waals surface area contributed by atoms with Crippen molar-refractivity contribution in [2.75, 3.05) is 0 Å². The molecule has 65 heavy (non-hydrogen) atoms. The van der Waals surface area contributed by atoms with Crippen LogP contribution in [0.15, 0.2) is 231 Å². The summed E-state index contributed by atoms with van der Waals surface area (Å²) in [6.45, 7) is 0. The Labute approximate surface area is 376 Å². The zero-order valence-corrected chi connectivity index (χ0v) is 35.3. The number of hydrogen-bond acceptors (Lipinski definition) is 1. The molecule has 13 aromatic rings. The second kappa shape index (κ2) is 14.7. The van der Waals surface area contributed by atoms with Crippen LogP contribution >= 0.6 is 0 Å². The highest BCUT2D eigenvalue weighted by molar-refractivity contribution is 6.26. The van der Waals surface area contributed by atoms with Gasteiger partial charge in [0.25, 0.3) is 0 Å². The molecule has 0 spiro atoms. The third-order valence-corrected chi connectivity index (χ3v) is 13.5. The van der Waals surface area contributed by atoms with E-state index in [0.29, 0.717) is 5.56 Å². The van der Waals surface area contributed by atoms with Crippen molar-refractivity contribution in [3.05, 3.63) is 236 Å². The summed E-state index contributed by atoms with van der Waals surface area (Å²) in [4.78, 5) is 0. The van der Waals surface area contributed by atoms with Crippen LogP contribution in [0.3, 0.4) is 0 Å². The number of rotatable bonds is 6. The Hall–Kier alpha value is -8.77. The maximum Gasteiger partial charge on any atom is 0.0992 e.